The van der Waals surface area contributed by atoms with Crippen LogP contribution in [-0.4, -0.2) is 0 Å². The summed E-state index contributed by atoms with van der Waals surface area (Å²) in [4.78, 5) is 4.75. The van der Waals surface area contributed by atoms with Crippen LogP contribution in [0.2, 0.25) is 0 Å². The van der Waals surface area contributed by atoms with Crippen LogP contribution in [0.4, 0.5) is 34.1 Å². The molecule has 2 heteroatoms. The molecule has 0 amide bonds. The van der Waals surface area contributed by atoms with Crippen molar-refractivity contribution in [2.75, 3.05) is 9.80 Å². The fraction of sp³-hybridized carbons (Fsp3) is 0. The third-order valence-electron chi connectivity index (χ3n) is 9.82. The Balaban J connectivity index is 1.24. The van der Waals surface area contributed by atoms with Crippen molar-refractivity contribution in [3.8, 4) is 22.3 Å². The Hall–Kier alpha value is -6.90. The van der Waals surface area contributed by atoms with Crippen LogP contribution in [0.3, 0.4) is 0 Å². The molecule has 0 N–H and O–H groups in total. The minimum atomic E-state index is 1.09. The number of nitrogens with zero attached hydrogens (tertiary/aromatic N) is 2. The van der Waals surface area contributed by atoms with Crippen molar-refractivity contribution in [1.82, 2.24) is 0 Å². The molecule has 0 heterocycles. The molecule has 2 nitrogen and oxygen atoms in total. The molecule has 0 unspecified atom stereocenters. The maximum absolute atomic E-state index is 2.40. The Morgan fingerprint density at radius 1 is 0.231 bits per heavy atom. The lowest BCUT2D eigenvalue weighted by Crippen LogP contribution is -2.12. The Labute approximate surface area is 305 Å². The average Bonchev–Trinajstić information content (AvgIpc) is 3.23. The van der Waals surface area contributed by atoms with Crippen LogP contribution in [-0.2, 0) is 0 Å². The molecule has 0 bridgehead atoms. The van der Waals surface area contributed by atoms with E-state index >= 15 is 0 Å². The van der Waals surface area contributed by atoms with Gasteiger partial charge in [-0.25, -0.2) is 0 Å². The van der Waals surface area contributed by atoms with E-state index in [-0.39, 0.29) is 0 Å². The van der Waals surface area contributed by atoms with Crippen molar-refractivity contribution in [2.24, 2.45) is 0 Å². The van der Waals surface area contributed by atoms with Gasteiger partial charge in [0.05, 0.1) is 5.69 Å². The zero-order valence-corrected chi connectivity index (χ0v) is 28.7. The predicted molar refractivity (Wildman–Crippen MR) is 222 cm³/mol. The molecule has 0 aromatic heterocycles. The first-order valence-electron chi connectivity index (χ1n) is 17.8. The van der Waals surface area contributed by atoms with Gasteiger partial charge in [0.25, 0.3) is 0 Å². The van der Waals surface area contributed by atoms with Crippen molar-refractivity contribution in [3.63, 3.8) is 0 Å². The van der Waals surface area contributed by atoms with Crippen molar-refractivity contribution in [3.05, 3.63) is 218 Å². The van der Waals surface area contributed by atoms with E-state index < -0.39 is 0 Å². The van der Waals surface area contributed by atoms with Crippen molar-refractivity contribution in [1.29, 1.82) is 0 Å². The molecule has 0 radical (unpaired) electrons. The molecule has 0 fully saturated rings. The number of para-hydroxylation sites is 2. The van der Waals surface area contributed by atoms with Crippen molar-refractivity contribution < 1.29 is 0 Å². The van der Waals surface area contributed by atoms with Gasteiger partial charge in [-0.1, -0.05) is 152 Å². The molecule has 0 saturated heterocycles. The van der Waals surface area contributed by atoms with Gasteiger partial charge in [0.2, 0.25) is 0 Å². The molecule has 9 rings (SSSR count). The summed E-state index contributed by atoms with van der Waals surface area (Å²) in [6.45, 7) is 0. The summed E-state index contributed by atoms with van der Waals surface area (Å²) in [5.41, 5.74) is 11.4. The quantitative estimate of drug-likeness (QED) is 0.149. The molecule has 246 valence electrons. The second-order valence-corrected chi connectivity index (χ2v) is 13.0. The number of benzene rings is 9. The molecule has 9 aromatic rings. The third kappa shape index (κ3) is 5.97. The molecular formula is C50H36N2. The lowest BCUT2D eigenvalue weighted by molar-refractivity contribution is 1.28. The molecule has 9 aromatic carbocycles. The predicted octanol–water partition coefficient (Wildman–Crippen LogP) is 14.3. The number of hydrogen-bond donors (Lipinski definition) is 0. The van der Waals surface area contributed by atoms with Crippen molar-refractivity contribution >= 4 is 55.7 Å². The van der Waals surface area contributed by atoms with Crippen LogP contribution in [0.25, 0.3) is 43.8 Å². The van der Waals surface area contributed by atoms with Gasteiger partial charge in [0, 0.05) is 33.8 Å². The fourth-order valence-electron chi connectivity index (χ4n) is 7.29. The van der Waals surface area contributed by atoms with E-state index in [1.54, 1.807) is 0 Å². The van der Waals surface area contributed by atoms with Gasteiger partial charge >= 0.3 is 0 Å². The first-order valence-corrected chi connectivity index (χ1v) is 17.8. The summed E-state index contributed by atoms with van der Waals surface area (Å²) < 4.78 is 0. The van der Waals surface area contributed by atoms with Crippen LogP contribution < -0.4 is 9.80 Å². The van der Waals surface area contributed by atoms with Gasteiger partial charge in [-0.3, -0.25) is 0 Å². The molecule has 0 spiro atoms. The van der Waals surface area contributed by atoms with E-state index in [9.17, 15) is 0 Å². The molecule has 0 aliphatic heterocycles. The minimum Gasteiger partial charge on any atom is -0.310 e. The standard InChI is InChI=1S/C50H36N2/c1-5-15-37(16-6-1)39-25-29-44(30-26-39)51(42-20-9-3-10-21-42)46-33-34-48-47-24-14-13-19-41(47)35-50(49(48)36-46)52(43-22-11-4-12-23-43)45-31-27-40(28-32-45)38-17-7-2-8-18-38/h1-36H. The fourth-order valence-corrected chi connectivity index (χ4v) is 7.29. The summed E-state index contributed by atoms with van der Waals surface area (Å²) in [5.74, 6) is 0. The summed E-state index contributed by atoms with van der Waals surface area (Å²) in [6, 6.07) is 78.3. The zero-order chi connectivity index (χ0) is 34.7. The highest BCUT2D eigenvalue weighted by Crippen LogP contribution is 2.45. The maximum atomic E-state index is 2.40. The molecule has 0 atom stereocenters. The molecule has 0 saturated carbocycles. The van der Waals surface area contributed by atoms with Gasteiger partial charge in [0.15, 0.2) is 0 Å². The third-order valence-corrected chi connectivity index (χ3v) is 9.82. The Morgan fingerprint density at radius 3 is 1.19 bits per heavy atom. The summed E-state index contributed by atoms with van der Waals surface area (Å²) >= 11 is 0. The minimum absolute atomic E-state index is 1.09. The monoisotopic (exact) mass is 664 g/mol. The van der Waals surface area contributed by atoms with Crippen LogP contribution >= 0.6 is 0 Å². The Kier molecular flexibility index (Phi) is 8.24. The van der Waals surface area contributed by atoms with Gasteiger partial charge in [-0.05, 0) is 105 Å². The second-order valence-electron chi connectivity index (χ2n) is 13.0. The zero-order valence-electron chi connectivity index (χ0n) is 28.7. The number of rotatable bonds is 8. The van der Waals surface area contributed by atoms with E-state index in [0.717, 1.165) is 34.1 Å². The van der Waals surface area contributed by atoms with E-state index in [0.29, 0.717) is 0 Å². The summed E-state index contributed by atoms with van der Waals surface area (Å²) in [7, 11) is 0. The first-order chi connectivity index (χ1) is 25.8. The SMILES string of the molecule is c1ccc(-c2ccc(N(c3ccccc3)c3ccc4c(c3)c(N(c3ccccc3)c3ccc(-c5ccccc5)cc3)cc3ccccc34)cc2)cc1. The highest BCUT2D eigenvalue weighted by atomic mass is 15.2. The Bertz CT molecular complexity index is 2580. The van der Waals surface area contributed by atoms with Crippen LogP contribution in [0.1, 0.15) is 0 Å². The maximum Gasteiger partial charge on any atom is 0.0547 e. The van der Waals surface area contributed by atoms with Crippen LogP contribution in [0.5, 0.6) is 0 Å². The molecule has 52 heavy (non-hydrogen) atoms. The highest BCUT2D eigenvalue weighted by Gasteiger charge is 2.20. The summed E-state index contributed by atoms with van der Waals surface area (Å²) in [5, 5.41) is 4.83. The first kappa shape index (κ1) is 31.1. The lowest BCUT2D eigenvalue weighted by Gasteiger charge is -2.29. The van der Waals surface area contributed by atoms with E-state index in [4.69, 9.17) is 0 Å². The average molecular weight is 665 g/mol. The number of fused-ring (bicyclic) bond motifs is 3. The second kappa shape index (κ2) is 13.8. The van der Waals surface area contributed by atoms with Crippen molar-refractivity contribution in [2.45, 2.75) is 0 Å². The van der Waals surface area contributed by atoms with Gasteiger partial charge in [-0.15, -0.1) is 0 Å². The number of hydrogen-bond acceptors (Lipinski definition) is 2. The van der Waals surface area contributed by atoms with E-state index in [2.05, 4.69) is 228 Å². The van der Waals surface area contributed by atoms with Gasteiger partial charge in [0.1, 0.15) is 0 Å². The lowest BCUT2D eigenvalue weighted by atomic mass is 9.97. The number of anilines is 6. The molecule has 0 aliphatic rings. The molecule has 0 aliphatic carbocycles. The summed E-state index contributed by atoms with van der Waals surface area (Å²) in [6.07, 6.45) is 0. The van der Waals surface area contributed by atoms with Gasteiger partial charge < -0.3 is 9.80 Å². The smallest absolute Gasteiger partial charge is 0.0547 e. The highest BCUT2D eigenvalue weighted by molar-refractivity contribution is 6.15. The Morgan fingerprint density at radius 2 is 0.635 bits per heavy atom. The largest absolute Gasteiger partial charge is 0.310 e. The van der Waals surface area contributed by atoms with E-state index in [1.807, 2.05) is 0 Å². The van der Waals surface area contributed by atoms with Gasteiger partial charge in [-0.2, -0.15) is 0 Å². The van der Waals surface area contributed by atoms with Crippen LogP contribution in [0, 0.1) is 0 Å². The van der Waals surface area contributed by atoms with Crippen LogP contribution in [0.15, 0.2) is 218 Å². The topological polar surface area (TPSA) is 6.48 Å². The molecular weight excluding hydrogens is 629 g/mol. The normalized spacial score (nSPS) is 11.1. The van der Waals surface area contributed by atoms with E-state index in [1.165, 1.54) is 43.8 Å².